The molecule has 0 saturated carbocycles. The highest BCUT2D eigenvalue weighted by atomic mass is 16.6. The van der Waals surface area contributed by atoms with E-state index in [0.717, 1.165) is 5.56 Å². The molecular formula is C30H46N4O7. The molecule has 0 aliphatic carbocycles. The number of alkyl carbamates (subject to hydrolysis) is 1. The van der Waals surface area contributed by atoms with Gasteiger partial charge in [0.2, 0.25) is 17.7 Å². The summed E-state index contributed by atoms with van der Waals surface area (Å²) in [7, 11) is 0. The summed E-state index contributed by atoms with van der Waals surface area (Å²) < 4.78 is 11.3. The highest BCUT2D eigenvalue weighted by molar-refractivity contribution is 5.92. The first-order valence-electron chi connectivity index (χ1n) is 14.1. The normalized spacial score (nSPS) is 18.3. The fourth-order valence-corrected chi connectivity index (χ4v) is 4.60. The van der Waals surface area contributed by atoms with Crippen molar-refractivity contribution in [1.29, 1.82) is 0 Å². The van der Waals surface area contributed by atoms with E-state index in [4.69, 9.17) is 9.47 Å². The highest BCUT2D eigenvalue weighted by Crippen LogP contribution is 2.22. The van der Waals surface area contributed by atoms with Crippen LogP contribution in [-0.4, -0.2) is 66.5 Å². The summed E-state index contributed by atoms with van der Waals surface area (Å²) in [6.45, 7) is 13.4. The number of hydrogen-bond acceptors (Lipinski definition) is 7. The Morgan fingerprint density at radius 3 is 2.22 bits per heavy atom. The zero-order valence-corrected chi connectivity index (χ0v) is 25.2. The summed E-state index contributed by atoms with van der Waals surface area (Å²) in [5.74, 6) is -1.71. The number of aldehydes is 1. The molecule has 5 atom stereocenters. The Morgan fingerprint density at radius 1 is 1.02 bits per heavy atom. The van der Waals surface area contributed by atoms with Crippen LogP contribution >= 0.6 is 0 Å². The van der Waals surface area contributed by atoms with Gasteiger partial charge in [0.05, 0.1) is 17.7 Å². The smallest absolute Gasteiger partial charge is 0.408 e. The minimum atomic E-state index is -1.18. The summed E-state index contributed by atoms with van der Waals surface area (Å²) in [4.78, 5) is 63.4. The van der Waals surface area contributed by atoms with E-state index in [1.165, 1.54) is 0 Å². The predicted molar refractivity (Wildman–Crippen MR) is 154 cm³/mol. The molecule has 1 heterocycles. The topological polar surface area (TPSA) is 152 Å². The maximum absolute atomic E-state index is 13.6. The second kappa shape index (κ2) is 15.0. The fraction of sp³-hybridized carbons (Fsp3) is 0.633. The van der Waals surface area contributed by atoms with Crippen molar-refractivity contribution in [3.63, 3.8) is 0 Å². The van der Waals surface area contributed by atoms with Gasteiger partial charge in [-0.2, -0.15) is 0 Å². The van der Waals surface area contributed by atoms with Crippen LogP contribution in [0.2, 0.25) is 0 Å². The van der Waals surface area contributed by atoms with E-state index in [0.29, 0.717) is 19.3 Å². The van der Waals surface area contributed by atoms with Crippen molar-refractivity contribution in [2.45, 2.75) is 104 Å². The lowest BCUT2D eigenvalue weighted by molar-refractivity contribution is -0.136. The van der Waals surface area contributed by atoms with Gasteiger partial charge in [-0.15, -0.1) is 0 Å². The van der Waals surface area contributed by atoms with Gasteiger partial charge in [-0.1, -0.05) is 51.1 Å². The zero-order valence-electron chi connectivity index (χ0n) is 25.2. The van der Waals surface area contributed by atoms with Crippen LogP contribution in [0.5, 0.6) is 0 Å². The van der Waals surface area contributed by atoms with Crippen LogP contribution in [0.25, 0.3) is 0 Å². The molecule has 1 aliphatic heterocycles. The Hall–Kier alpha value is -3.47. The van der Waals surface area contributed by atoms with Crippen molar-refractivity contribution in [2.24, 2.45) is 11.3 Å². The molecule has 11 heteroatoms. The van der Waals surface area contributed by atoms with Gasteiger partial charge in [0.25, 0.3) is 0 Å². The molecule has 1 aromatic rings. The number of carbonyl (C=O) groups excluding carboxylic acids is 5. The first kappa shape index (κ1) is 33.7. The molecule has 11 nitrogen and oxygen atoms in total. The Kier molecular flexibility index (Phi) is 12.3. The third-order valence-corrected chi connectivity index (χ3v) is 6.42. The lowest BCUT2D eigenvalue weighted by atomic mass is 9.87. The average Bonchev–Trinajstić information content (AvgIpc) is 3.27. The van der Waals surface area contributed by atoms with Crippen LogP contribution in [0.1, 0.15) is 73.3 Å². The number of ether oxygens (including phenoxy) is 2. The van der Waals surface area contributed by atoms with Crippen LogP contribution in [0.4, 0.5) is 4.79 Å². The molecule has 0 aromatic heterocycles. The predicted octanol–water partition coefficient (Wildman–Crippen LogP) is 2.62. The summed E-state index contributed by atoms with van der Waals surface area (Å²) in [5, 5.41) is 10.8. The monoisotopic (exact) mass is 574 g/mol. The molecule has 1 saturated heterocycles. The van der Waals surface area contributed by atoms with Crippen molar-refractivity contribution in [1.82, 2.24) is 21.3 Å². The summed E-state index contributed by atoms with van der Waals surface area (Å²) in [6.07, 6.45) is 0.0179. The maximum atomic E-state index is 13.6. The standard InChI is InChI=1S/C30H46N4O7/c1-19(41-30(5,6)7)24(34-28(39)40-18-20-11-9-8-10-12-20)27(38)33-23(16-29(2,3)4)26(37)32-22(17-35)15-21-13-14-31-25(21)36/h8-12,17,19,21-24H,13-16,18H2,1-7H3,(H,31,36)(H,32,37)(H,33,38)(H,34,39)/t19-,21+,22+,23+,24+/m1/s1. The van der Waals surface area contributed by atoms with E-state index in [1.54, 1.807) is 6.92 Å². The summed E-state index contributed by atoms with van der Waals surface area (Å²) in [6, 6.07) is 6.03. The fourth-order valence-electron chi connectivity index (χ4n) is 4.60. The summed E-state index contributed by atoms with van der Waals surface area (Å²) in [5.41, 5.74) is -0.216. The number of amides is 4. The van der Waals surface area contributed by atoms with Gasteiger partial charge >= 0.3 is 6.09 Å². The minimum Gasteiger partial charge on any atom is -0.445 e. The first-order chi connectivity index (χ1) is 19.1. The van der Waals surface area contributed by atoms with Crippen molar-refractivity contribution in [2.75, 3.05) is 6.54 Å². The first-order valence-corrected chi connectivity index (χ1v) is 14.1. The van der Waals surface area contributed by atoms with Gasteiger partial charge in [-0.05, 0) is 57.9 Å². The molecule has 0 unspecified atom stereocenters. The molecule has 0 bridgehead atoms. The molecule has 0 spiro atoms. The van der Waals surface area contributed by atoms with Crippen molar-refractivity contribution < 1.29 is 33.4 Å². The van der Waals surface area contributed by atoms with Gasteiger partial charge in [0, 0.05) is 12.5 Å². The molecule has 2 rings (SSSR count). The van der Waals surface area contributed by atoms with Gasteiger partial charge in [0.15, 0.2) is 0 Å². The van der Waals surface area contributed by atoms with E-state index in [2.05, 4.69) is 21.3 Å². The second-order valence-corrected chi connectivity index (χ2v) is 12.7. The van der Waals surface area contributed by atoms with E-state index in [1.807, 2.05) is 71.9 Å². The Labute approximate surface area is 242 Å². The third kappa shape index (κ3) is 12.3. The van der Waals surface area contributed by atoms with E-state index >= 15 is 0 Å². The van der Waals surface area contributed by atoms with Gasteiger partial charge in [0.1, 0.15) is 25.0 Å². The molecule has 0 radical (unpaired) electrons. The van der Waals surface area contributed by atoms with E-state index in [-0.39, 0.29) is 36.7 Å². The Bertz CT molecular complexity index is 1050. The molecule has 1 aromatic carbocycles. The summed E-state index contributed by atoms with van der Waals surface area (Å²) >= 11 is 0. The molecule has 1 aliphatic rings. The Morgan fingerprint density at radius 2 is 1.68 bits per heavy atom. The molecule has 4 amide bonds. The largest absolute Gasteiger partial charge is 0.445 e. The van der Waals surface area contributed by atoms with Gasteiger partial charge in [-0.3, -0.25) is 14.4 Å². The number of carbonyl (C=O) groups is 5. The van der Waals surface area contributed by atoms with Crippen LogP contribution < -0.4 is 21.3 Å². The van der Waals surface area contributed by atoms with Crippen molar-refractivity contribution in [3.05, 3.63) is 35.9 Å². The van der Waals surface area contributed by atoms with Gasteiger partial charge < -0.3 is 35.5 Å². The SMILES string of the molecule is C[C@@H](OC(C)(C)C)[C@H](NC(=O)OCc1ccccc1)C(=O)N[C@@H](CC(C)(C)C)C(=O)N[C@H](C=O)C[C@@H]1CCNC1=O. The van der Waals surface area contributed by atoms with Gasteiger partial charge in [-0.25, -0.2) is 4.79 Å². The second-order valence-electron chi connectivity index (χ2n) is 12.7. The quantitative estimate of drug-likeness (QED) is 0.264. The lowest BCUT2D eigenvalue weighted by Gasteiger charge is -2.32. The highest BCUT2D eigenvalue weighted by Gasteiger charge is 2.36. The molecule has 1 fully saturated rings. The van der Waals surface area contributed by atoms with Crippen LogP contribution in [-0.2, 0) is 35.3 Å². The molecule has 41 heavy (non-hydrogen) atoms. The molecular weight excluding hydrogens is 528 g/mol. The minimum absolute atomic E-state index is 0.0106. The third-order valence-electron chi connectivity index (χ3n) is 6.42. The maximum Gasteiger partial charge on any atom is 0.408 e. The van der Waals surface area contributed by atoms with Crippen LogP contribution in [0.3, 0.4) is 0 Å². The Balaban J connectivity index is 2.18. The van der Waals surface area contributed by atoms with E-state index in [9.17, 15) is 24.0 Å². The van der Waals surface area contributed by atoms with Crippen LogP contribution in [0.15, 0.2) is 30.3 Å². The number of benzene rings is 1. The number of rotatable bonds is 13. The molecule has 228 valence electrons. The molecule has 4 N–H and O–H groups in total. The van der Waals surface area contributed by atoms with Crippen molar-refractivity contribution >= 4 is 30.1 Å². The number of nitrogens with one attached hydrogen (secondary N) is 4. The number of hydrogen-bond donors (Lipinski definition) is 4. The zero-order chi connectivity index (χ0) is 30.8. The lowest BCUT2D eigenvalue weighted by Crippen LogP contribution is -2.59. The average molecular weight is 575 g/mol. The van der Waals surface area contributed by atoms with E-state index < -0.39 is 47.7 Å². The van der Waals surface area contributed by atoms with Crippen molar-refractivity contribution in [3.8, 4) is 0 Å². The van der Waals surface area contributed by atoms with Crippen LogP contribution in [0, 0.1) is 11.3 Å².